The summed E-state index contributed by atoms with van der Waals surface area (Å²) in [5.74, 6) is 0.386. The maximum absolute atomic E-state index is 12.9. The molecule has 7 heteroatoms. The van der Waals surface area contributed by atoms with E-state index in [1.54, 1.807) is 6.07 Å². The molecule has 2 aromatic rings. The zero-order valence-electron chi connectivity index (χ0n) is 17.5. The van der Waals surface area contributed by atoms with E-state index in [0.29, 0.717) is 12.1 Å². The van der Waals surface area contributed by atoms with E-state index in [4.69, 9.17) is 4.74 Å². The van der Waals surface area contributed by atoms with Crippen LogP contribution < -0.4 is 14.4 Å². The lowest BCUT2D eigenvalue weighted by Gasteiger charge is -2.38. The van der Waals surface area contributed by atoms with Gasteiger partial charge in [-0.3, -0.25) is 9.10 Å². The third-order valence-corrected chi connectivity index (χ3v) is 6.16. The van der Waals surface area contributed by atoms with Crippen LogP contribution in [0.2, 0.25) is 0 Å². The largest absolute Gasteiger partial charge is 0.487 e. The summed E-state index contributed by atoms with van der Waals surface area (Å²) in [6.45, 7) is 7.40. The summed E-state index contributed by atoms with van der Waals surface area (Å²) in [6, 6.07) is 12.9. The number of para-hydroxylation sites is 1. The first-order chi connectivity index (χ1) is 13.5. The number of benzene rings is 2. The maximum atomic E-state index is 12.9. The lowest BCUT2D eigenvalue weighted by Crippen LogP contribution is -2.45. The van der Waals surface area contributed by atoms with E-state index in [1.165, 1.54) is 4.31 Å². The van der Waals surface area contributed by atoms with Crippen molar-refractivity contribution in [2.75, 3.05) is 17.1 Å². The summed E-state index contributed by atoms with van der Waals surface area (Å²) in [5, 5.41) is 3.01. The van der Waals surface area contributed by atoms with Crippen LogP contribution in [0.15, 0.2) is 42.5 Å². The molecule has 0 unspecified atom stereocenters. The maximum Gasteiger partial charge on any atom is 0.241 e. The highest BCUT2D eigenvalue weighted by molar-refractivity contribution is 7.92. The van der Waals surface area contributed by atoms with Gasteiger partial charge in [0.15, 0.2) is 0 Å². The van der Waals surface area contributed by atoms with E-state index in [1.807, 2.05) is 64.1 Å². The van der Waals surface area contributed by atoms with Crippen LogP contribution in [0.1, 0.15) is 43.0 Å². The Kier molecular flexibility index (Phi) is 5.63. The van der Waals surface area contributed by atoms with E-state index < -0.39 is 15.6 Å². The number of sulfonamides is 1. The molecule has 2 aromatic carbocycles. The van der Waals surface area contributed by atoms with Crippen molar-refractivity contribution in [2.45, 2.75) is 45.8 Å². The Morgan fingerprint density at radius 1 is 1.21 bits per heavy atom. The summed E-state index contributed by atoms with van der Waals surface area (Å²) in [6.07, 6.45) is 1.72. The van der Waals surface area contributed by atoms with Crippen LogP contribution in [0.3, 0.4) is 0 Å². The van der Waals surface area contributed by atoms with Crippen LogP contribution in [0.25, 0.3) is 0 Å². The van der Waals surface area contributed by atoms with E-state index in [9.17, 15) is 13.2 Å². The molecule has 0 aliphatic carbocycles. The zero-order chi connectivity index (χ0) is 21.4. The summed E-state index contributed by atoms with van der Waals surface area (Å²) < 4.78 is 32.1. The molecule has 0 aromatic heterocycles. The van der Waals surface area contributed by atoms with Crippen LogP contribution in [0, 0.1) is 13.8 Å². The molecule has 1 N–H and O–H groups in total. The lowest BCUT2D eigenvalue weighted by atomic mass is 9.89. The highest BCUT2D eigenvalue weighted by Gasteiger charge is 2.35. The average Bonchev–Trinajstić information content (AvgIpc) is 2.60. The number of anilines is 1. The molecule has 0 bridgehead atoms. The van der Waals surface area contributed by atoms with Crippen LogP contribution >= 0.6 is 0 Å². The van der Waals surface area contributed by atoms with Crippen molar-refractivity contribution in [1.29, 1.82) is 0 Å². The van der Waals surface area contributed by atoms with Gasteiger partial charge in [-0.05, 0) is 51.0 Å². The first kappa shape index (κ1) is 21.2. The van der Waals surface area contributed by atoms with E-state index >= 15 is 0 Å². The van der Waals surface area contributed by atoms with Gasteiger partial charge in [0.2, 0.25) is 15.9 Å². The molecule has 1 amide bonds. The van der Waals surface area contributed by atoms with Crippen molar-refractivity contribution in [2.24, 2.45) is 0 Å². The Morgan fingerprint density at radius 2 is 1.90 bits per heavy atom. The molecular formula is C22H28N2O4S. The van der Waals surface area contributed by atoms with E-state index in [0.717, 1.165) is 28.7 Å². The number of aryl methyl sites for hydroxylation is 2. The predicted molar refractivity (Wildman–Crippen MR) is 115 cm³/mol. The minimum Gasteiger partial charge on any atom is -0.487 e. The van der Waals surface area contributed by atoms with Crippen molar-refractivity contribution >= 4 is 21.6 Å². The van der Waals surface area contributed by atoms with Gasteiger partial charge in [0.05, 0.1) is 18.0 Å². The number of hydrogen-bond acceptors (Lipinski definition) is 4. The molecular weight excluding hydrogens is 388 g/mol. The van der Waals surface area contributed by atoms with Crippen molar-refractivity contribution in [3.8, 4) is 5.75 Å². The first-order valence-corrected chi connectivity index (χ1v) is 11.4. The van der Waals surface area contributed by atoms with E-state index in [-0.39, 0.29) is 18.5 Å². The summed E-state index contributed by atoms with van der Waals surface area (Å²) >= 11 is 0. The van der Waals surface area contributed by atoms with E-state index in [2.05, 4.69) is 5.32 Å². The summed E-state index contributed by atoms with van der Waals surface area (Å²) in [7, 11) is -3.63. The van der Waals surface area contributed by atoms with Gasteiger partial charge < -0.3 is 10.1 Å². The number of amides is 1. The number of nitrogens with zero attached hydrogens (tertiary/aromatic N) is 1. The third-order valence-electron chi connectivity index (χ3n) is 5.03. The molecule has 0 radical (unpaired) electrons. The topological polar surface area (TPSA) is 75.7 Å². The number of carbonyl (C=O) groups excluding carboxylic acids is 1. The van der Waals surface area contributed by atoms with Gasteiger partial charge in [-0.15, -0.1) is 0 Å². The van der Waals surface area contributed by atoms with Gasteiger partial charge in [0, 0.05) is 12.0 Å². The number of nitrogens with one attached hydrogen (secondary N) is 1. The minimum atomic E-state index is -3.63. The Hall–Kier alpha value is -2.54. The normalized spacial score (nSPS) is 17.8. The Labute approximate surface area is 172 Å². The minimum absolute atomic E-state index is 0.248. The number of hydrogen-bond donors (Lipinski definition) is 1. The number of rotatable bonds is 5. The standard InChI is InChI=1S/C22H28N2O4S/c1-15-10-11-16(2)19(12-15)24(29(5,26)27)14-21(25)23-18-13-22(3,4)28-20-9-7-6-8-17(18)20/h6-12,18H,13-14H2,1-5H3,(H,23,25)/t18-/m0/s1. The molecule has 1 atom stereocenters. The molecule has 0 saturated heterocycles. The second-order valence-electron chi connectivity index (χ2n) is 8.28. The molecule has 29 heavy (non-hydrogen) atoms. The van der Waals surface area contributed by atoms with Gasteiger partial charge in [0.1, 0.15) is 17.9 Å². The SMILES string of the molecule is Cc1ccc(C)c(N(CC(=O)N[C@H]2CC(C)(C)Oc3ccccc32)S(C)(=O)=O)c1. The summed E-state index contributed by atoms with van der Waals surface area (Å²) in [5.41, 5.74) is 2.72. The lowest BCUT2D eigenvalue weighted by molar-refractivity contribution is -0.120. The molecule has 1 aliphatic heterocycles. The Bertz CT molecular complexity index is 1030. The summed E-state index contributed by atoms with van der Waals surface area (Å²) in [4.78, 5) is 12.9. The second kappa shape index (κ2) is 7.71. The predicted octanol–water partition coefficient (Wildman–Crippen LogP) is 3.49. The first-order valence-electron chi connectivity index (χ1n) is 9.58. The molecule has 0 fully saturated rings. The number of fused-ring (bicyclic) bond motifs is 1. The molecule has 3 rings (SSSR count). The smallest absolute Gasteiger partial charge is 0.241 e. The van der Waals surface area contributed by atoms with Crippen molar-refractivity contribution in [3.63, 3.8) is 0 Å². The fraction of sp³-hybridized carbons (Fsp3) is 0.409. The van der Waals surface area contributed by atoms with Crippen molar-refractivity contribution < 1.29 is 17.9 Å². The number of ether oxygens (including phenoxy) is 1. The molecule has 156 valence electrons. The average molecular weight is 417 g/mol. The molecule has 1 aliphatic rings. The van der Waals surface area contributed by atoms with Crippen molar-refractivity contribution in [1.82, 2.24) is 5.32 Å². The van der Waals surface area contributed by atoms with Crippen LogP contribution in [-0.4, -0.2) is 32.7 Å². The van der Waals surface area contributed by atoms with Gasteiger partial charge in [-0.2, -0.15) is 0 Å². The van der Waals surface area contributed by atoms with Gasteiger partial charge in [-0.25, -0.2) is 8.42 Å². The van der Waals surface area contributed by atoms with Gasteiger partial charge in [0.25, 0.3) is 0 Å². The molecule has 0 saturated carbocycles. The molecule has 6 nitrogen and oxygen atoms in total. The Morgan fingerprint density at radius 3 is 2.59 bits per heavy atom. The zero-order valence-corrected chi connectivity index (χ0v) is 18.3. The fourth-order valence-corrected chi connectivity index (χ4v) is 4.58. The van der Waals surface area contributed by atoms with Crippen LogP contribution in [-0.2, 0) is 14.8 Å². The quantitative estimate of drug-likeness (QED) is 0.810. The molecule has 0 spiro atoms. The monoisotopic (exact) mass is 416 g/mol. The third kappa shape index (κ3) is 4.90. The Balaban J connectivity index is 1.86. The fourth-order valence-electron chi connectivity index (χ4n) is 3.67. The second-order valence-corrected chi connectivity index (χ2v) is 10.2. The highest BCUT2D eigenvalue weighted by Crippen LogP contribution is 2.39. The van der Waals surface area contributed by atoms with Crippen LogP contribution in [0.5, 0.6) is 5.75 Å². The van der Waals surface area contributed by atoms with Crippen LogP contribution in [0.4, 0.5) is 5.69 Å². The number of carbonyl (C=O) groups is 1. The molecule has 1 heterocycles. The van der Waals surface area contributed by atoms with Gasteiger partial charge in [-0.1, -0.05) is 30.3 Å². The van der Waals surface area contributed by atoms with Crippen molar-refractivity contribution in [3.05, 3.63) is 59.2 Å². The van der Waals surface area contributed by atoms with Gasteiger partial charge >= 0.3 is 0 Å². The highest BCUT2D eigenvalue weighted by atomic mass is 32.2.